The van der Waals surface area contributed by atoms with Crippen LogP contribution in [0.1, 0.15) is 29.6 Å². The number of hydrogen-bond acceptors (Lipinski definition) is 4. The van der Waals surface area contributed by atoms with E-state index in [4.69, 9.17) is 9.26 Å². The molecule has 0 bridgehead atoms. The van der Waals surface area contributed by atoms with E-state index in [2.05, 4.69) is 5.16 Å². The predicted octanol–water partition coefficient (Wildman–Crippen LogP) is 2.92. The normalized spacial score (nSPS) is 18.8. The number of rotatable bonds is 4. The highest BCUT2D eigenvalue weighted by molar-refractivity contribution is 5.87. The van der Waals surface area contributed by atoms with Gasteiger partial charge in [-0.25, -0.2) is 13.6 Å². The van der Waals surface area contributed by atoms with Crippen LogP contribution in [0.15, 0.2) is 34.1 Å². The number of carbonyl (C=O) groups excluding carboxylic acids is 1. The smallest absolute Gasteiger partial charge is 0.360 e. The highest BCUT2D eigenvalue weighted by Gasteiger charge is 2.20. The van der Waals surface area contributed by atoms with Crippen LogP contribution >= 0.6 is 0 Å². The summed E-state index contributed by atoms with van der Waals surface area (Å²) in [6.45, 7) is 1.91. The SMILES string of the molecule is CCOC(=O)c1cc(CC2=CC(F)=CCC2F)on1. The van der Waals surface area contributed by atoms with Crippen LogP contribution in [-0.4, -0.2) is 23.9 Å². The first-order valence-corrected chi connectivity index (χ1v) is 5.93. The van der Waals surface area contributed by atoms with E-state index in [1.807, 2.05) is 0 Å². The van der Waals surface area contributed by atoms with Gasteiger partial charge in [-0.15, -0.1) is 0 Å². The zero-order valence-electron chi connectivity index (χ0n) is 10.4. The summed E-state index contributed by atoms with van der Waals surface area (Å²) in [6, 6.07) is 1.38. The number of halogens is 2. The minimum atomic E-state index is -1.24. The summed E-state index contributed by atoms with van der Waals surface area (Å²) >= 11 is 0. The largest absolute Gasteiger partial charge is 0.461 e. The average molecular weight is 269 g/mol. The van der Waals surface area contributed by atoms with E-state index in [1.54, 1.807) is 6.92 Å². The van der Waals surface area contributed by atoms with Crippen molar-refractivity contribution in [2.45, 2.75) is 25.9 Å². The van der Waals surface area contributed by atoms with Gasteiger partial charge in [-0.3, -0.25) is 0 Å². The molecule has 0 amide bonds. The Morgan fingerprint density at radius 1 is 1.63 bits per heavy atom. The molecule has 0 saturated heterocycles. The summed E-state index contributed by atoms with van der Waals surface area (Å²) in [5.41, 5.74) is 0.297. The molecule has 0 saturated carbocycles. The predicted molar refractivity (Wildman–Crippen MR) is 63.0 cm³/mol. The first kappa shape index (κ1) is 13.5. The molecule has 0 fully saturated rings. The van der Waals surface area contributed by atoms with Crippen molar-refractivity contribution in [3.05, 3.63) is 41.1 Å². The number of hydrogen-bond donors (Lipinski definition) is 0. The van der Waals surface area contributed by atoms with E-state index in [0.717, 1.165) is 6.08 Å². The Balaban J connectivity index is 2.08. The standard InChI is InChI=1S/C13H13F2NO3/c1-2-18-13(17)12-7-10(19-16-12)6-8-5-9(14)3-4-11(8)15/h3,5,7,11H,2,4,6H2,1H3. The van der Waals surface area contributed by atoms with Crippen LogP contribution in [0.3, 0.4) is 0 Å². The highest BCUT2D eigenvalue weighted by atomic mass is 19.1. The third-order valence-corrected chi connectivity index (χ3v) is 2.67. The van der Waals surface area contributed by atoms with Crippen molar-refractivity contribution >= 4 is 5.97 Å². The lowest BCUT2D eigenvalue weighted by atomic mass is 9.98. The molecule has 1 atom stereocenters. The molecule has 102 valence electrons. The maximum Gasteiger partial charge on any atom is 0.360 e. The van der Waals surface area contributed by atoms with Gasteiger partial charge in [-0.1, -0.05) is 5.16 Å². The molecule has 19 heavy (non-hydrogen) atoms. The molecule has 6 heteroatoms. The minimum Gasteiger partial charge on any atom is -0.461 e. The quantitative estimate of drug-likeness (QED) is 0.789. The number of nitrogens with zero attached hydrogens (tertiary/aromatic N) is 1. The zero-order valence-corrected chi connectivity index (χ0v) is 10.4. The molecule has 1 aromatic rings. The van der Waals surface area contributed by atoms with Crippen LogP contribution in [0.5, 0.6) is 0 Å². The Hall–Kier alpha value is -1.98. The molecule has 2 rings (SSSR count). The third kappa shape index (κ3) is 3.27. The van der Waals surface area contributed by atoms with Crippen LogP contribution in [-0.2, 0) is 11.2 Å². The van der Waals surface area contributed by atoms with Crippen molar-refractivity contribution in [1.29, 1.82) is 0 Å². The number of carbonyl (C=O) groups is 1. The van der Waals surface area contributed by atoms with E-state index in [1.165, 1.54) is 12.1 Å². The van der Waals surface area contributed by atoms with Gasteiger partial charge in [-0.05, 0) is 24.6 Å². The molecule has 1 aromatic heterocycles. The van der Waals surface area contributed by atoms with Crippen LogP contribution in [0.4, 0.5) is 8.78 Å². The van der Waals surface area contributed by atoms with Crippen LogP contribution in [0.25, 0.3) is 0 Å². The molecule has 0 aromatic carbocycles. The summed E-state index contributed by atoms with van der Waals surface area (Å²) in [5.74, 6) is -0.765. The van der Waals surface area contributed by atoms with Gasteiger partial charge in [0.25, 0.3) is 0 Å². The number of esters is 1. The van der Waals surface area contributed by atoms with Crippen molar-refractivity contribution in [3.8, 4) is 0 Å². The highest BCUT2D eigenvalue weighted by Crippen LogP contribution is 2.25. The Labute approximate surface area is 108 Å². The van der Waals surface area contributed by atoms with Gasteiger partial charge in [-0.2, -0.15) is 0 Å². The minimum absolute atomic E-state index is 0.0105. The van der Waals surface area contributed by atoms with Crippen molar-refractivity contribution in [1.82, 2.24) is 5.16 Å². The molecule has 1 aliphatic carbocycles. The molecule has 1 unspecified atom stereocenters. The fraction of sp³-hybridized carbons (Fsp3) is 0.385. The summed E-state index contributed by atoms with van der Waals surface area (Å²) in [6.07, 6.45) is 1.18. The molecule has 0 N–H and O–H groups in total. The van der Waals surface area contributed by atoms with Gasteiger partial charge >= 0.3 is 5.97 Å². The lowest BCUT2D eigenvalue weighted by molar-refractivity contribution is 0.0514. The third-order valence-electron chi connectivity index (χ3n) is 2.67. The molecular formula is C13H13F2NO3. The summed E-state index contributed by atoms with van der Waals surface area (Å²) < 4.78 is 36.3. The second-order valence-corrected chi connectivity index (χ2v) is 4.09. The molecular weight excluding hydrogens is 256 g/mol. The molecule has 1 aliphatic rings. The zero-order chi connectivity index (χ0) is 13.8. The Bertz CT molecular complexity index is 534. The fourth-order valence-electron chi connectivity index (χ4n) is 1.75. The monoisotopic (exact) mass is 269 g/mol. The second-order valence-electron chi connectivity index (χ2n) is 4.09. The lowest BCUT2D eigenvalue weighted by Gasteiger charge is -2.13. The van der Waals surface area contributed by atoms with Crippen molar-refractivity contribution in [3.63, 3.8) is 0 Å². The van der Waals surface area contributed by atoms with Gasteiger partial charge < -0.3 is 9.26 Å². The molecule has 4 nitrogen and oxygen atoms in total. The molecule has 0 radical (unpaired) electrons. The number of aromatic nitrogens is 1. The maximum absolute atomic E-state index is 13.6. The van der Waals surface area contributed by atoms with Gasteiger partial charge in [0, 0.05) is 18.9 Å². The van der Waals surface area contributed by atoms with Gasteiger partial charge in [0.2, 0.25) is 0 Å². The Morgan fingerprint density at radius 2 is 2.42 bits per heavy atom. The van der Waals surface area contributed by atoms with E-state index in [0.29, 0.717) is 5.76 Å². The van der Waals surface area contributed by atoms with Crippen LogP contribution in [0, 0.1) is 0 Å². The summed E-state index contributed by atoms with van der Waals surface area (Å²) in [4.78, 5) is 11.4. The van der Waals surface area contributed by atoms with Crippen molar-refractivity contribution in [2.75, 3.05) is 6.61 Å². The first-order chi connectivity index (χ1) is 9.10. The maximum atomic E-state index is 13.6. The fourth-order valence-corrected chi connectivity index (χ4v) is 1.75. The average Bonchev–Trinajstić information content (AvgIpc) is 2.83. The first-order valence-electron chi connectivity index (χ1n) is 5.93. The van der Waals surface area contributed by atoms with Crippen LogP contribution in [0.2, 0.25) is 0 Å². The van der Waals surface area contributed by atoms with E-state index in [9.17, 15) is 13.6 Å². The Morgan fingerprint density at radius 3 is 3.16 bits per heavy atom. The lowest BCUT2D eigenvalue weighted by Crippen LogP contribution is -2.09. The number of ether oxygens (including phenoxy) is 1. The summed E-state index contributed by atoms with van der Waals surface area (Å²) in [5, 5.41) is 3.54. The number of allylic oxidation sites excluding steroid dienone is 4. The Kier molecular flexibility index (Phi) is 4.09. The van der Waals surface area contributed by atoms with E-state index >= 15 is 0 Å². The van der Waals surface area contributed by atoms with Crippen LogP contribution < -0.4 is 0 Å². The topological polar surface area (TPSA) is 52.3 Å². The molecule has 0 spiro atoms. The van der Waals surface area contributed by atoms with E-state index < -0.39 is 18.0 Å². The molecule has 1 heterocycles. The van der Waals surface area contributed by atoms with E-state index in [-0.39, 0.29) is 30.7 Å². The van der Waals surface area contributed by atoms with Crippen molar-refractivity contribution < 1.29 is 22.8 Å². The second kappa shape index (κ2) is 5.77. The van der Waals surface area contributed by atoms with Gasteiger partial charge in [0.05, 0.1) is 6.61 Å². The molecule has 0 aliphatic heterocycles. The summed E-state index contributed by atoms with van der Waals surface area (Å²) in [7, 11) is 0. The number of alkyl halides is 1. The van der Waals surface area contributed by atoms with Crippen molar-refractivity contribution in [2.24, 2.45) is 0 Å². The van der Waals surface area contributed by atoms with Gasteiger partial charge in [0.15, 0.2) is 5.69 Å². The van der Waals surface area contributed by atoms with Gasteiger partial charge in [0.1, 0.15) is 17.8 Å².